The molecule has 0 rings (SSSR count). The average Bonchev–Trinajstić information content (AvgIpc) is 2.13. The van der Waals surface area contributed by atoms with Crippen LogP contribution in [0.3, 0.4) is 0 Å². The molecule has 0 aliphatic heterocycles. The van der Waals surface area contributed by atoms with Crippen molar-refractivity contribution in [2.75, 3.05) is 26.9 Å². The highest BCUT2D eigenvalue weighted by Crippen LogP contribution is 2.26. The lowest BCUT2D eigenvalue weighted by Crippen LogP contribution is -2.34. The first-order valence-corrected chi connectivity index (χ1v) is 5.49. The number of halogens is 3. The van der Waals surface area contributed by atoms with Crippen LogP contribution in [0.5, 0.6) is 0 Å². The minimum Gasteiger partial charge on any atom is -0.382 e. The second kappa shape index (κ2) is 7.53. The van der Waals surface area contributed by atoms with Gasteiger partial charge >= 0.3 is 0 Å². The minimum absolute atomic E-state index is 0.267. The molecule has 0 heterocycles. The normalized spacial score (nSPS) is 18.4. The van der Waals surface area contributed by atoms with Crippen LogP contribution in [0.15, 0.2) is 12.2 Å². The van der Waals surface area contributed by atoms with Gasteiger partial charge in [-0.05, 0) is 35.6 Å². The van der Waals surface area contributed by atoms with E-state index in [0.717, 1.165) is 0 Å². The van der Waals surface area contributed by atoms with E-state index in [1.54, 1.807) is 6.92 Å². The van der Waals surface area contributed by atoms with Gasteiger partial charge in [0.25, 0.3) is 0 Å². The summed E-state index contributed by atoms with van der Waals surface area (Å²) >= 11 is 1.40. The van der Waals surface area contributed by atoms with Crippen LogP contribution in [0.2, 0.25) is 0 Å². The highest BCUT2D eigenvalue weighted by atomic mass is 127. The van der Waals surface area contributed by atoms with Crippen LogP contribution >= 0.6 is 22.6 Å². The Balaban J connectivity index is 3.97. The second-order valence-electron chi connectivity index (χ2n) is 2.77. The van der Waals surface area contributed by atoms with E-state index in [2.05, 4.69) is 0 Å². The molecule has 0 saturated heterocycles. The molecule has 0 saturated carbocycles. The molecule has 0 radical (unpaired) electrons. The fourth-order valence-electron chi connectivity index (χ4n) is 0.832. The second-order valence-corrected chi connectivity index (χ2v) is 3.87. The van der Waals surface area contributed by atoms with Crippen molar-refractivity contribution in [3.8, 4) is 0 Å². The predicted octanol–water partition coefficient (Wildman–Crippen LogP) is 2.66. The molecule has 0 aromatic heterocycles. The van der Waals surface area contributed by atoms with E-state index in [9.17, 15) is 8.78 Å². The maximum absolute atomic E-state index is 13.7. The van der Waals surface area contributed by atoms with Gasteiger partial charge in [0.05, 0.1) is 19.8 Å². The third-order valence-corrected chi connectivity index (χ3v) is 2.60. The summed E-state index contributed by atoms with van der Waals surface area (Å²) in [4.78, 5) is 0. The number of ether oxygens (including phenoxy) is 2. The van der Waals surface area contributed by atoms with Gasteiger partial charge in [-0.25, -0.2) is 8.78 Å². The SMILES string of the molecule is C/C=C/C(F)(COCCOC)C(F)I. The maximum Gasteiger partial charge on any atom is 0.192 e. The highest BCUT2D eigenvalue weighted by molar-refractivity contribution is 14.1. The zero-order valence-electron chi connectivity index (χ0n) is 8.30. The molecule has 0 N–H and O–H groups in total. The van der Waals surface area contributed by atoms with E-state index < -0.39 is 9.85 Å². The van der Waals surface area contributed by atoms with E-state index >= 15 is 0 Å². The van der Waals surface area contributed by atoms with Crippen LogP contribution in [0.4, 0.5) is 8.78 Å². The van der Waals surface area contributed by atoms with E-state index in [0.29, 0.717) is 6.61 Å². The Hall–Kier alpha value is 0.250. The smallest absolute Gasteiger partial charge is 0.192 e. The number of rotatable bonds is 7. The summed E-state index contributed by atoms with van der Waals surface area (Å²) in [6.45, 7) is 2.00. The Labute approximate surface area is 96.8 Å². The quantitative estimate of drug-likeness (QED) is 0.311. The molecule has 2 nitrogen and oxygen atoms in total. The third-order valence-electron chi connectivity index (χ3n) is 1.56. The molecule has 5 heteroatoms. The van der Waals surface area contributed by atoms with E-state index in [4.69, 9.17) is 9.47 Å². The number of allylic oxidation sites excluding steroid dienone is 1. The van der Waals surface area contributed by atoms with Crippen LogP contribution in [-0.2, 0) is 9.47 Å². The molecule has 0 aliphatic rings. The molecule has 84 valence electrons. The molecular weight excluding hydrogens is 305 g/mol. The summed E-state index contributed by atoms with van der Waals surface area (Å²) in [7, 11) is 1.52. The van der Waals surface area contributed by atoms with Gasteiger partial charge in [-0.2, -0.15) is 0 Å². The molecule has 2 atom stereocenters. The Morgan fingerprint density at radius 2 is 2.14 bits per heavy atom. The summed E-state index contributed by atoms with van der Waals surface area (Å²) < 4.78 is 34.7. The van der Waals surface area contributed by atoms with Crippen LogP contribution < -0.4 is 0 Å². The van der Waals surface area contributed by atoms with Crippen molar-refractivity contribution in [3.63, 3.8) is 0 Å². The predicted molar refractivity (Wildman–Crippen MR) is 60.3 cm³/mol. The lowest BCUT2D eigenvalue weighted by molar-refractivity contribution is 0.00302. The lowest BCUT2D eigenvalue weighted by Gasteiger charge is -2.21. The first-order valence-electron chi connectivity index (χ1n) is 4.24. The van der Waals surface area contributed by atoms with E-state index in [1.807, 2.05) is 0 Å². The van der Waals surface area contributed by atoms with Gasteiger partial charge in [-0.15, -0.1) is 0 Å². The Kier molecular flexibility index (Phi) is 7.66. The van der Waals surface area contributed by atoms with Crippen LogP contribution in [0.1, 0.15) is 6.92 Å². The first-order chi connectivity index (χ1) is 6.56. The van der Waals surface area contributed by atoms with Crippen molar-refractivity contribution in [2.45, 2.75) is 16.8 Å². The molecule has 0 spiro atoms. The number of alkyl halides is 3. The minimum atomic E-state index is -2.04. The van der Waals surface area contributed by atoms with Crippen LogP contribution in [0, 0.1) is 0 Å². The van der Waals surface area contributed by atoms with Gasteiger partial charge in [0, 0.05) is 7.11 Å². The highest BCUT2D eigenvalue weighted by Gasteiger charge is 2.35. The average molecular weight is 320 g/mol. The summed E-state index contributed by atoms with van der Waals surface area (Å²) in [6.07, 6.45) is 2.65. The molecular formula is C9H15F2IO2. The summed E-state index contributed by atoms with van der Waals surface area (Å²) in [5.41, 5.74) is -2.04. The molecule has 14 heavy (non-hydrogen) atoms. The van der Waals surface area contributed by atoms with Gasteiger partial charge in [-0.3, -0.25) is 0 Å². The summed E-state index contributed by atoms with van der Waals surface area (Å²) in [5, 5.41) is 0. The van der Waals surface area contributed by atoms with Crippen molar-refractivity contribution in [3.05, 3.63) is 12.2 Å². The summed E-state index contributed by atoms with van der Waals surface area (Å²) in [6, 6.07) is 0. The van der Waals surface area contributed by atoms with Gasteiger partial charge < -0.3 is 9.47 Å². The molecule has 0 fully saturated rings. The van der Waals surface area contributed by atoms with Gasteiger partial charge in [0.1, 0.15) is 0 Å². The van der Waals surface area contributed by atoms with Gasteiger partial charge in [0.2, 0.25) is 0 Å². The zero-order valence-corrected chi connectivity index (χ0v) is 10.5. The molecule has 2 unspecified atom stereocenters. The third kappa shape index (κ3) is 5.21. The fourth-order valence-corrected chi connectivity index (χ4v) is 1.22. The number of hydrogen-bond acceptors (Lipinski definition) is 2. The topological polar surface area (TPSA) is 18.5 Å². The van der Waals surface area contributed by atoms with Crippen molar-refractivity contribution < 1.29 is 18.3 Å². The van der Waals surface area contributed by atoms with E-state index in [-0.39, 0.29) is 13.2 Å². The molecule has 0 aliphatic carbocycles. The Bertz CT molecular complexity index is 176. The molecule has 0 amide bonds. The standard InChI is InChI=1S/C9H15F2IO2/c1-3-4-9(11,8(10)12)7-14-6-5-13-2/h3-4,8H,5-7H2,1-2H3/b4-3+. The molecule has 0 bridgehead atoms. The Morgan fingerprint density at radius 3 is 2.57 bits per heavy atom. The van der Waals surface area contributed by atoms with Crippen LogP contribution in [0.25, 0.3) is 0 Å². The van der Waals surface area contributed by atoms with Crippen LogP contribution in [-0.4, -0.2) is 36.8 Å². The lowest BCUT2D eigenvalue weighted by atomic mass is 10.1. The van der Waals surface area contributed by atoms with Crippen molar-refractivity contribution in [1.29, 1.82) is 0 Å². The van der Waals surface area contributed by atoms with Crippen molar-refractivity contribution in [2.24, 2.45) is 0 Å². The van der Waals surface area contributed by atoms with E-state index in [1.165, 1.54) is 41.9 Å². The van der Waals surface area contributed by atoms with Gasteiger partial charge in [0.15, 0.2) is 9.85 Å². The van der Waals surface area contributed by atoms with Crippen molar-refractivity contribution >= 4 is 22.6 Å². The van der Waals surface area contributed by atoms with Gasteiger partial charge in [-0.1, -0.05) is 6.08 Å². The first kappa shape index (κ1) is 14.2. The Morgan fingerprint density at radius 1 is 1.50 bits per heavy atom. The largest absolute Gasteiger partial charge is 0.382 e. The number of hydrogen-bond donors (Lipinski definition) is 0. The molecule has 0 aromatic rings. The molecule has 0 aromatic carbocycles. The summed E-state index contributed by atoms with van der Waals surface area (Å²) in [5.74, 6) is 0. The zero-order chi connectivity index (χ0) is 11.0. The number of methoxy groups -OCH3 is 1. The fraction of sp³-hybridized carbons (Fsp3) is 0.778. The maximum atomic E-state index is 13.7. The monoisotopic (exact) mass is 320 g/mol. The van der Waals surface area contributed by atoms with Crippen molar-refractivity contribution in [1.82, 2.24) is 0 Å².